The highest BCUT2D eigenvalue weighted by Crippen LogP contribution is 2.60. The maximum absolute atomic E-state index is 15.1. The highest BCUT2D eigenvalue weighted by Gasteiger charge is 2.57. The first-order chi connectivity index (χ1) is 31.4. The lowest BCUT2D eigenvalue weighted by molar-refractivity contribution is -0.151. The molecule has 0 saturated heterocycles. The maximum Gasteiger partial charge on any atom is 0.353 e. The summed E-state index contributed by atoms with van der Waals surface area (Å²) in [5.74, 6) is -4.14. The largest absolute Gasteiger partial charge is 0.480 e. The van der Waals surface area contributed by atoms with E-state index in [1.807, 2.05) is 25.5 Å². The molecule has 8 atom stereocenters. The number of allylic oxidation sites excluding steroid dienone is 1. The summed E-state index contributed by atoms with van der Waals surface area (Å²) in [7, 11) is 3.68. The number of amides is 2. The fraction of sp³-hybridized carbons (Fsp3) is 0.592. The van der Waals surface area contributed by atoms with Crippen molar-refractivity contribution in [1.82, 2.24) is 31.6 Å². The van der Waals surface area contributed by atoms with E-state index in [9.17, 15) is 34.5 Å². The summed E-state index contributed by atoms with van der Waals surface area (Å²) in [6.07, 6.45) is 13.9. The van der Waals surface area contributed by atoms with Crippen LogP contribution in [0.5, 0.6) is 0 Å². The number of nitrogens with one attached hydrogen (secondary N) is 5. The van der Waals surface area contributed by atoms with Gasteiger partial charge in [0, 0.05) is 36.8 Å². The lowest BCUT2D eigenvalue weighted by Crippen LogP contribution is -2.53. The molecule has 2 aromatic rings. The highest BCUT2D eigenvalue weighted by molar-refractivity contribution is 8.00. The minimum atomic E-state index is -2.21. The summed E-state index contributed by atoms with van der Waals surface area (Å²) in [6.45, 7) is 0.202. The zero-order chi connectivity index (χ0) is 46.1. The molecule has 15 nitrogen and oxygen atoms in total. The molecule has 1 aromatic heterocycles. The Balaban J connectivity index is 1.28. The van der Waals surface area contributed by atoms with E-state index in [1.54, 1.807) is 7.05 Å². The summed E-state index contributed by atoms with van der Waals surface area (Å²) in [5, 5.41) is 43.3. The van der Waals surface area contributed by atoms with Crippen LogP contribution in [0.4, 0.5) is 0 Å². The number of likely N-dealkylation sites (N-methyl/N-ethyl adjacent to an activating group) is 1. The first-order valence-electron chi connectivity index (χ1n) is 23.4. The van der Waals surface area contributed by atoms with E-state index in [4.69, 9.17) is 4.74 Å². The number of nitrogens with zero attached hydrogens (tertiary/aromatic N) is 1. The highest BCUT2D eigenvalue weighted by atomic mass is 32.2. The van der Waals surface area contributed by atoms with E-state index < -0.39 is 53.5 Å². The van der Waals surface area contributed by atoms with Gasteiger partial charge in [-0.05, 0) is 130 Å². The number of carboxylic acids is 2. The second-order valence-electron chi connectivity index (χ2n) is 18.7. The molecule has 65 heavy (non-hydrogen) atoms. The summed E-state index contributed by atoms with van der Waals surface area (Å²) < 4.78 is 6.76. The van der Waals surface area contributed by atoms with Crippen LogP contribution < -0.4 is 26.6 Å². The first kappa shape index (κ1) is 48.3. The number of carboxylic acid groups (broad SMARTS) is 2. The van der Waals surface area contributed by atoms with Crippen LogP contribution in [-0.4, -0.2) is 106 Å². The molecule has 2 fully saturated rings. The minimum Gasteiger partial charge on any atom is -0.480 e. The van der Waals surface area contributed by atoms with Crippen molar-refractivity contribution in [3.8, 4) is 0 Å². The number of aliphatic hydroxyl groups excluding tert-OH is 1. The SMILES string of the molecule is CNCN[C@@H](CCC(=O)N[C@@H](CS[C@H]1C2=C3[C@@H](CCCCCC14CCCC4)CC(Cc1ccncc1)=C([C@]1(NC)CC[C@H](c4ccccc4)C1)[C@H]3C(=O)O2)C(=O)N[C@@H](O)C(=O)O)C(=O)O. The third kappa shape index (κ3) is 11.0. The van der Waals surface area contributed by atoms with Gasteiger partial charge in [-0.25, -0.2) is 4.79 Å². The number of carbonyl (C=O) groups is 5. The molecular formula is C49H66N6O9S. The number of rotatable bonds is 19. The van der Waals surface area contributed by atoms with Crippen molar-refractivity contribution in [2.75, 3.05) is 26.5 Å². The van der Waals surface area contributed by atoms with Gasteiger partial charge in [-0.2, -0.15) is 0 Å². The van der Waals surface area contributed by atoms with Crippen LogP contribution in [0.15, 0.2) is 77.3 Å². The van der Waals surface area contributed by atoms with Crippen molar-refractivity contribution in [3.63, 3.8) is 0 Å². The van der Waals surface area contributed by atoms with E-state index in [0.29, 0.717) is 18.1 Å². The Hall–Kier alpha value is -4.61. The van der Waals surface area contributed by atoms with Gasteiger partial charge in [-0.15, -0.1) is 11.8 Å². The molecule has 5 aliphatic rings. The van der Waals surface area contributed by atoms with Crippen LogP contribution in [0.1, 0.15) is 113 Å². The number of aliphatic carboxylic acids is 2. The lowest BCUT2D eigenvalue weighted by Gasteiger charge is -2.44. The monoisotopic (exact) mass is 914 g/mol. The van der Waals surface area contributed by atoms with Crippen LogP contribution in [0.3, 0.4) is 0 Å². The zero-order valence-corrected chi connectivity index (χ0v) is 38.4. The van der Waals surface area contributed by atoms with Crippen LogP contribution in [-0.2, 0) is 35.1 Å². The van der Waals surface area contributed by atoms with Gasteiger partial charge >= 0.3 is 17.9 Å². The average molecular weight is 915 g/mol. The van der Waals surface area contributed by atoms with Gasteiger partial charge in [0.25, 0.3) is 0 Å². The van der Waals surface area contributed by atoms with Crippen LogP contribution in [0.2, 0.25) is 0 Å². The van der Waals surface area contributed by atoms with E-state index in [-0.39, 0.29) is 47.8 Å². The molecule has 2 heterocycles. The Morgan fingerprint density at radius 3 is 2.28 bits per heavy atom. The van der Waals surface area contributed by atoms with Crippen molar-refractivity contribution in [1.29, 1.82) is 0 Å². The normalized spacial score (nSPS) is 26.5. The number of thioether (sulfide) groups is 1. The minimum absolute atomic E-state index is 0.0183. The number of aromatic nitrogens is 1. The fourth-order valence-corrected chi connectivity index (χ4v) is 13.3. The lowest BCUT2D eigenvalue weighted by atomic mass is 9.63. The van der Waals surface area contributed by atoms with Crippen molar-refractivity contribution in [2.24, 2.45) is 17.3 Å². The molecule has 1 aromatic carbocycles. The van der Waals surface area contributed by atoms with Crippen LogP contribution in [0.25, 0.3) is 0 Å². The Morgan fingerprint density at radius 1 is 0.877 bits per heavy atom. The van der Waals surface area contributed by atoms with Gasteiger partial charge in [0.15, 0.2) is 0 Å². The zero-order valence-electron chi connectivity index (χ0n) is 37.6. The number of carbonyl (C=O) groups excluding carboxylic acids is 3. The predicted octanol–water partition coefficient (Wildman–Crippen LogP) is 4.92. The second-order valence-corrected chi connectivity index (χ2v) is 19.9. The standard InChI is InChI=1S/C49H66N6O9S/c1-50-29-53-35(45(59)60)14-15-37(56)54-36(43(57)55-44(58)46(61)62)28-65-42-41-38-32(13-7-4-8-19-48(42)20-9-10-21-48)26-34(25-30-17-23-52-24-18-30)40(39(38)47(63)64-41)49(51-2)22-16-33(27-49)31-11-5-3-6-12-31/h3,5-6,11-12,17-18,23-24,32-33,35-36,39,42,44,50-51,53,58H,4,7-10,13-16,19-22,25-29H2,1-2H3,(H,54,56)(H,55,57)(H,59,60)(H,61,62)/t32-,33-,35-,36-,39-,42-,44-,49-/m0/s1. The van der Waals surface area contributed by atoms with Gasteiger partial charge in [-0.3, -0.25) is 29.5 Å². The smallest absolute Gasteiger partial charge is 0.353 e. The Labute approximate surface area is 385 Å². The first-order valence-corrected chi connectivity index (χ1v) is 24.5. The van der Waals surface area contributed by atoms with Gasteiger partial charge in [0.05, 0.1) is 5.25 Å². The van der Waals surface area contributed by atoms with E-state index >= 15 is 4.79 Å². The van der Waals surface area contributed by atoms with Crippen molar-refractivity contribution in [2.45, 2.75) is 138 Å². The third-order valence-corrected chi connectivity index (χ3v) is 16.4. The molecule has 0 bridgehead atoms. The number of hydrogen-bond acceptors (Lipinski definition) is 12. The summed E-state index contributed by atoms with van der Waals surface area (Å²) in [6, 6.07) is 12.4. The molecule has 7 rings (SSSR count). The number of benzene rings is 1. The summed E-state index contributed by atoms with van der Waals surface area (Å²) >= 11 is 1.45. The van der Waals surface area contributed by atoms with Gasteiger partial charge in [0.2, 0.25) is 18.0 Å². The number of hydrogen-bond donors (Lipinski definition) is 8. The number of aliphatic hydroxyl groups is 1. The van der Waals surface area contributed by atoms with E-state index in [2.05, 4.69) is 68.0 Å². The molecule has 4 aliphatic carbocycles. The van der Waals surface area contributed by atoms with Gasteiger partial charge in [0.1, 0.15) is 23.8 Å². The van der Waals surface area contributed by atoms with Crippen molar-refractivity contribution < 1.29 is 44.0 Å². The Morgan fingerprint density at radius 2 is 1.60 bits per heavy atom. The fourth-order valence-electron chi connectivity index (χ4n) is 11.6. The molecule has 0 radical (unpaired) electrons. The molecule has 1 aliphatic heterocycles. The van der Waals surface area contributed by atoms with Gasteiger partial charge in [-0.1, -0.05) is 68.0 Å². The molecule has 2 saturated carbocycles. The quantitative estimate of drug-likeness (QED) is 0.0532. The van der Waals surface area contributed by atoms with Gasteiger partial charge < -0.3 is 41.3 Å². The Kier molecular flexibility index (Phi) is 16.2. The maximum atomic E-state index is 15.1. The number of pyridine rings is 1. The van der Waals surface area contributed by atoms with Crippen LogP contribution in [0, 0.1) is 17.3 Å². The summed E-state index contributed by atoms with van der Waals surface area (Å²) in [4.78, 5) is 70.3. The number of esters is 1. The van der Waals surface area contributed by atoms with Crippen molar-refractivity contribution in [3.05, 3.63) is 88.5 Å². The molecular weight excluding hydrogens is 849 g/mol. The molecule has 2 amide bonds. The van der Waals surface area contributed by atoms with Crippen molar-refractivity contribution >= 4 is 41.5 Å². The average Bonchev–Trinajstić information content (AvgIpc) is 4.05. The molecule has 16 heteroatoms. The predicted molar refractivity (Wildman–Crippen MR) is 246 cm³/mol. The molecule has 0 unspecified atom stereocenters. The molecule has 8 N–H and O–H groups in total. The van der Waals surface area contributed by atoms with E-state index in [0.717, 1.165) is 100 Å². The molecule has 352 valence electrons. The third-order valence-electron chi connectivity index (χ3n) is 14.8. The second kappa shape index (κ2) is 21.8. The van der Waals surface area contributed by atoms with Crippen LogP contribution >= 0.6 is 11.8 Å². The Bertz CT molecular complexity index is 2100. The summed E-state index contributed by atoms with van der Waals surface area (Å²) in [5.41, 5.74) is 5.14. The van der Waals surface area contributed by atoms with E-state index in [1.165, 1.54) is 22.9 Å². The number of ether oxygens (including phenoxy) is 1. The topological polar surface area (TPSA) is 228 Å². The molecule has 1 spiro atoms.